The van der Waals surface area contributed by atoms with E-state index < -0.39 is 0 Å². The van der Waals surface area contributed by atoms with Gasteiger partial charge in [0.2, 0.25) is 0 Å². The number of nitrogens with one attached hydrogen (secondary N) is 1. The summed E-state index contributed by atoms with van der Waals surface area (Å²) in [5, 5.41) is 2.65. The Bertz CT molecular complexity index is 239. The van der Waals surface area contributed by atoms with Crippen LogP contribution in [-0.4, -0.2) is 64.9 Å². The zero-order valence-electron chi connectivity index (χ0n) is 13.3. The van der Waals surface area contributed by atoms with Crippen molar-refractivity contribution in [2.75, 3.05) is 52.7 Å². The van der Waals surface area contributed by atoms with Gasteiger partial charge in [-0.1, -0.05) is 0 Å². The van der Waals surface area contributed by atoms with Crippen molar-refractivity contribution in [1.82, 2.24) is 5.32 Å². The van der Waals surface area contributed by atoms with E-state index in [-0.39, 0.29) is 12.2 Å². The van der Waals surface area contributed by atoms with Crippen molar-refractivity contribution in [3.05, 3.63) is 0 Å². The molecule has 0 atom stereocenters. The minimum absolute atomic E-state index is 0.0994. The molecule has 7 nitrogen and oxygen atoms in total. The van der Waals surface area contributed by atoms with E-state index in [1.807, 2.05) is 13.8 Å². The van der Waals surface area contributed by atoms with Crippen LogP contribution in [0.5, 0.6) is 0 Å². The summed E-state index contributed by atoms with van der Waals surface area (Å²) in [5.74, 6) is 0. The van der Waals surface area contributed by atoms with Crippen molar-refractivity contribution in [3.63, 3.8) is 0 Å². The molecule has 0 bridgehead atoms. The number of amides is 1. The Balaban J connectivity index is 3.07. The van der Waals surface area contributed by atoms with Crippen LogP contribution in [0.4, 0.5) is 4.79 Å². The van der Waals surface area contributed by atoms with Crippen LogP contribution in [0.3, 0.4) is 0 Å². The highest BCUT2D eigenvalue weighted by molar-refractivity contribution is 5.67. The molecule has 3 N–H and O–H groups in total. The van der Waals surface area contributed by atoms with Crippen molar-refractivity contribution >= 4 is 6.09 Å². The summed E-state index contributed by atoms with van der Waals surface area (Å²) in [4.78, 5) is 11.1. The third kappa shape index (κ3) is 17.1. The van der Waals surface area contributed by atoms with Crippen molar-refractivity contribution in [3.8, 4) is 0 Å². The molecule has 0 fully saturated rings. The quantitative estimate of drug-likeness (QED) is 0.463. The fraction of sp³-hybridized carbons (Fsp3) is 0.929. The third-order valence-corrected chi connectivity index (χ3v) is 2.31. The van der Waals surface area contributed by atoms with Crippen LogP contribution >= 0.6 is 0 Å². The molecular formula is C14H30N2O5. The van der Waals surface area contributed by atoms with Crippen LogP contribution in [0.15, 0.2) is 0 Å². The second kappa shape index (κ2) is 15.5. The minimum Gasteiger partial charge on any atom is -0.447 e. The molecule has 0 saturated carbocycles. The molecule has 1 amide bonds. The third-order valence-electron chi connectivity index (χ3n) is 2.31. The smallest absolute Gasteiger partial charge is 0.407 e. The lowest BCUT2D eigenvalue weighted by Crippen LogP contribution is -2.28. The second-order valence-corrected chi connectivity index (χ2v) is 4.71. The van der Waals surface area contributed by atoms with E-state index in [2.05, 4.69) is 5.32 Å². The van der Waals surface area contributed by atoms with Crippen LogP contribution in [-0.2, 0) is 18.9 Å². The molecule has 0 aromatic carbocycles. The fourth-order valence-corrected chi connectivity index (χ4v) is 1.35. The lowest BCUT2D eigenvalue weighted by Gasteiger charge is -2.09. The summed E-state index contributed by atoms with van der Waals surface area (Å²) in [5.41, 5.74) is 5.34. The number of rotatable bonds is 14. The molecule has 0 radical (unpaired) electrons. The van der Waals surface area contributed by atoms with Gasteiger partial charge in [-0.3, -0.25) is 0 Å². The van der Waals surface area contributed by atoms with Gasteiger partial charge in [0.1, 0.15) is 0 Å². The van der Waals surface area contributed by atoms with E-state index in [9.17, 15) is 4.79 Å². The van der Waals surface area contributed by atoms with Crippen LogP contribution in [0.25, 0.3) is 0 Å². The summed E-state index contributed by atoms with van der Waals surface area (Å²) in [7, 11) is 0. The highest BCUT2D eigenvalue weighted by Crippen LogP contribution is 1.89. The Hall–Kier alpha value is -0.890. The molecule has 0 unspecified atom stereocenters. The maximum absolute atomic E-state index is 11.1. The molecule has 0 heterocycles. The van der Waals surface area contributed by atoms with Crippen molar-refractivity contribution < 1.29 is 23.7 Å². The lowest BCUT2D eigenvalue weighted by atomic mass is 10.4. The average Bonchev–Trinajstić information content (AvgIpc) is 2.43. The van der Waals surface area contributed by atoms with Gasteiger partial charge >= 0.3 is 6.09 Å². The van der Waals surface area contributed by atoms with Crippen LogP contribution in [0, 0.1) is 0 Å². The summed E-state index contributed by atoms with van der Waals surface area (Å²) < 4.78 is 20.9. The Morgan fingerprint density at radius 3 is 2.00 bits per heavy atom. The first-order valence-corrected chi connectivity index (χ1v) is 7.54. The highest BCUT2D eigenvalue weighted by atomic mass is 16.6. The standard InChI is InChI=1S/C14H30N2O5/c1-13(2)21-14(17)16-6-4-8-19-10-12-20-11-9-18-7-3-5-15/h13H,3-12,15H2,1-2H3,(H,16,17). The maximum Gasteiger partial charge on any atom is 0.407 e. The van der Waals surface area contributed by atoms with Gasteiger partial charge in [-0.15, -0.1) is 0 Å². The van der Waals surface area contributed by atoms with Gasteiger partial charge in [0, 0.05) is 19.8 Å². The Morgan fingerprint density at radius 1 is 0.952 bits per heavy atom. The van der Waals surface area contributed by atoms with E-state index >= 15 is 0 Å². The molecule has 7 heteroatoms. The number of hydrogen-bond donors (Lipinski definition) is 2. The molecule has 0 aliphatic rings. The van der Waals surface area contributed by atoms with E-state index in [4.69, 9.17) is 24.7 Å². The van der Waals surface area contributed by atoms with Gasteiger partial charge in [0.05, 0.1) is 32.5 Å². The molecule has 0 aromatic heterocycles. The van der Waals surface area contributed by atoms with Crippen molar-refractivity contribution in [2.24, 2.45) is 5.73 Å². The molecule has 0 rings (SSSR count). The SMILES string of the molecule is CC(C)OC(=O)NCCCOCCOCCOCCCN. The minimum atomic E-state index is -0.386. The monoisotopic (exact) mass is 306 g/mol. The lowest BCUT2D eigenvalue weighted by molar-refractivity contribution is 0.0140. The molecule has 0 aliphatic carbocycles. The number of carbonyl (C=O) groups excluding carboxylic acids is 1. The zero-order valence-corrected chi connectivity index (χ0v) is 13.3. The molecule has 0 aromatic rings. The predicted octanol–water partition coefficient (Wildman–Crippen LogP) is 0.910. The van der Waals surface area contributed by atoms with E-state index in [0.29, 0.717) is 52.7 Å². The largest absolute Gasteiger partial charge is 0.447 e. The van der Waals surface area contributed by atoms with Crippen LogP contribution in [0.1, 0.15) is 26.7 Å². The van der Waals surface area contributed by atoms with Gasteiger partial charge < -0.3 is 30.0 Å². The first kappa shape index (κ1) is 20.1. The fourth-order valence-electron chi connectivity index (χ4n) is 1.35. The Labute approximate surface area is 127 Å². The van der Waals surface area contributed by atoms with E-state index in [1.54, 1.807) is 0 Å². The predicted molar refractivity (Wildman–Crippen MR) is 80.4 cm³/mol. The zero-order chi connectivity index (χ0) is 15.8. The van der Waals surface area contributed by atoms with E-state index in [1.165, 1.54) is 0 Å². The van der Waals surface area contributed by atoms with E-state index in [0.717, 1.165) is 12.8 Å². The Morgan fingerprint density at radius 2 is 1.48 bits per heavy atom. The maximum atomic E-state index is 11.1. The topological polar surface area (TPSA) is 92.0 Å². The highest BCUT2D eigenvalue weighted by Gasteiger charge is 2.02. The molecule has 21 heavy (non-hydrogen) atoms. The van der Waals surface area contributed by atoms with Gasteiger partial charge in [0.25, 0.3) is 0 Å². The first-order valence-electron chi connectivity index (χ1n) is 7.54. The molecular weight excluding hydrogens is 276 g/mol. The molecule has 126 valence electrons. The molecule has 0 aliphatic heterocycles. The normalized spacial score (nSPS) is 10.9. The van der Waals surface area contributed by atoms with Crippen LogP contribution < -0.4 is 11.1 Å². The van der Waals surface area contributed by atoms with Gasteiger partial charge in [-0.2, -0.15) is 0 Å². The Kier molecular flexibility index (Phi) is 14.8. The number of nitrogens with two attached hydrogens (primary N) is 1. The van der Waals surface area contributed by atoms with Crippen molar-refractivity contribution in [2.45, 2.75) is 32.8 Å². The first-order chi connectivity index (χ1) is 10.2. The summed E-state index contributed by atoms with van der Waals surface area (Å²) in [6, 6.07) is 0. The summed E-state index contributed by atoms with van der Waals surface area (Å²) in [6.07, 6.45) is 1.14. The summed E-state index contributed by atoms with van der Waals surface area (Å²) in [6.45, 7) is 8.32. The van der Waals surface area contributed by atoms with Crippen molar-refractivity contribution in [1.29, 1.82) is 0 Å². The van der Waals surface area contributed by atoms with Gasteiger partial charge in [0.15, 0.2) is 0 Å². The van der Waals surface area contributed by atoms with Gasteiger partial charge in [-0.05, 0) is 33.2 Å². The number of ether oxygens (including phenoxy) is 4. The number of carbonyl (C=O) groups is 1. The molecule has 0 spiro atoms. The number of hydrogen-bond acceptors (Lipinski definition) is 6. The van der Waals surface area contributed by atoms with Gasteiger partial charge in [-0.25, -0.2) is 4.79 Å². The molecule has 0 saturated heterocycles. The number of alkyl carbamates (subject to hydrolysis) is 1. The average molecular weight is 306 g/mol. The second-order valence-electron chi connectivity index (χ2n) is 4.71. The summed E-state index contributed by atoms with van der Waals surface area (Å²) >= 11 is 0. The van der Waals surface area contributed by atoms with Crippen LogP contribution in [0.2, 0.25) is 0 Å².